The molecule has 1 aromatic rings. The molecule has 0 saturated carbocycles. The first-order chi connectivity index (χ1) is 5.91. The van der Waals surface area contributed by atoms with E-state index in [0.717, 1.165) is 0 Å². The second-order valence-corrected chi connectivity index (χ2v) is 3.73. The second-order valence-electron chi connectivity index (χ2n) is 2.68. The van der Waals surface area contributed by atoms with Crippen molar-refractivity contribution in [2.24, 2.45) is 0 Å². The molecule has 1 atom stereocenters. The minimum Gasteiger partial charge on any atom is -0.381 e. The van der Waals surface area contributed by atoms with Gasteiger partial charge in [-0.05, 0) is 28.9 Å². The Morgan fingerprint density at radius 3 is 2.54 bits per heavy atom. The molecular formula is C8H8BrF2NO. The predicted molar refractivity (Wildman–Crippen MR) is 47.8 cm³/mol. The van der Waals surface area contributed by atoms with Gasteiger partial charge in [0.2, 0.25) is 0 Å². The molecule has 0 spiro atoms. The van der Waals surface area contributed by atoms with Crippen LogP contribution in [0.1, 0.15) is 17.4 Å². The summed E-state index contributed by atoms with van der Waals surface area (Å²) in [6.07, 6.45) is -0.629. The lowest BCUT2D eigenvalue weighted by Crippen LogP contribution is -2.18. The van der Waals surface area contributed by atoms with Crippen LogP contribution in [0.2, 0.25) is 0 Å². The zero-order valence-corrected chi connectivity index (χ0v) is 8.42. The van der Waals surface area contributed by atoms with Crippen LogP contribution in [0, 0.1) is 6.92 Å². The number of nitrogens with zero attached hydrogens (tertiary/aromatic N) is 1. The first-order valence-electron chi connectivity index (χ1n) is 3.58. The molecule has 72 valence electrons. The summed E-state index contributed by atoms with van der Waals surface area (Å²) in [5, 5.41) is 9.11. The van der Waals surface area contributed by atoms with Crippen molar-refractivity contribution in [3.63, 3.8) is 0 Å². The molecule has 13 heavy (non-hydrogen) atoms. The van der Waals surface area contributed by atoms with Crippen LogP contribution in [-0.4, -0.2) is 14.9 Å². The van der Waals surface area contributed by atoms with Gasteiger partial charge in [-0.25, -0.2) is 0 Å². The SMILES string of the molecule is Cc1ccc(C(O)C(F)(F)Br)cn1. The first kappa shape index (κ1) is 10.5. The molecule has 0 saturated heterocycles. The van der Waals surface area contributed by atoms with E-state index in [1.165, 1.54) is 12.3 Å². The Kier molecular flexibility index (Phi) is 2.98. The average molecular weight is 252 g/mol. The highest BCUT2D eigenvalue weighted by molar-refractivity contribution is 9.10. The Morgan fingerprint density at radius 1 is 1.54 bits per heavy atom. The van der Waals surface area contributed by atoms with E-state index in [-0.39, 0.29) is 5.56 Å². The van der Waals surface area contributed by atoms with Crippen molar-refractivity contribution in [2.75, 3.05) is 0 Å². The number of hydrogen-bond acceptors (Lipinski definition) is 2. The molecule has 1 N–H and O–H groups in total. The maximum Gasteiger partial charge on any atom is 0.330 e. The summed E-state index contributed by atoms with van der Waals surface area (Å²) < 4.78 is 25.1. The fourth-order valence-corrected chi connectivity index (χ4v) is 1.09. The van der Waals surface area contributed by atoms with Crippen molar-refractivity contribution in [2.45, 2.75) is 17.9 Å². The standard InChI is InChI=1S/C8H8BrF2NO/c1-5-2-3-6(4-12-5)7(13)8(9,10)11/h2-4,7,13H,1H3. The van der Waals surface area contributed by atoms with Gasteiger partial charge in [-0.15, -0.1) is 0 Å². The number of rotatable bonds is 2. The third kappa shape index (κ3) is 2.70. The van der Waals surface area contributed by atoms with Gasteiger partial charge in [0.25, 0.3) is 0 Å². The van der Waals surface area contributed by atoms with E-state index in [2.05, 4.69) is 20.9 Å². The number of aliphatic hydroxyl groups excluding tert-OH is 1. The van der Waals surface area contributed by atoms with Crippen molar-refractivity contribution in [3.8, 4) is 0 Å². The van der Waals surface area contributed by atoms with Crippen molar-refractivity contribution in [3.05, 3.63) is 29.6 Å². The van der Waals surface area contributed by atoms with E-state index in [4.69, 9.17) is 5.11 Å². The molecule has 0 fully saturated rings. The summed E-state index contributed by atoms with van der Waals surface area (Å²) in [5.41, 5.74) is 0.807. The minimum atomic E-state index is -3.32. The molecule has 0 radical (unpaired) electrons. The maximum absolute atomic E-state index is 12.5. The molecule has 5 heteroatoms. The van der Waals surface area contributed by atoms with Crippen LogP contribution in [0.15, 0.2) is 18.3 Å². The Labute approximate surface area is 82.7 Å². The second kappa shape index (κ2) is 3.67. The van der Waals surface area contributed by atoms with E-state index in [1.54, 1.807) is 13.0 Å². The molecule has 0 aliphatic carbocycles. The zero-order valence-electron chi connectivity index (χ0n) is 6.84. The van der Waals surface area contributed by atoms with Gasteiger partial charge in [-0.2, -0.15) is 8.78 Å². The van der Waals surface area contributed by atoms with Crippen molar-refractivity contribution >= 4 is 15.9 Å². The van der Waals surface area contributed by atoms with Gasteiger partial charge in [-0.3, -0.25) is 4.98 Å². The van der Waals surface area contributed by atoms with E-state index < -0.39 is 10.9 Å². The summed E-state index contributed by atoms with van der Waals surface area (Å²) in [4.78, 5) is 0.484. The van der Waals surface area contributed by atoms with Crippen LogP contribution in [0.5, 0.6) is 0 Å². The number of hydrogen-bond donors (Lipinski definition) is 1. The first-order valence-corrected chi connectivity index (χ1v) is 4.38. The van der Waals surface area contributed by atoms with Gasteiger partial charge in [0, 0.05) is 17.5 Å². The van der Waals surface area contributed by atoms with Crippen LogP contribution in [-0.2, 0) is 0 Å². The number of halogens is 3. The molecule has 1 unspecified atom stereocenters. The van der Waals surface area contributed by atoms with Crippen LogP contribution in [0.3, 0.4) is 0 Å². The molecule has 0 bridgehead atoms. The van der Waals surface area contributed by atoms with Crippen molar-refractivity contribution in [1.82, 2.24) is 4.98 Å². The third-order valence-corrected chi connectivity index (χ3v) is 1.99. The Hall–Kier alpha value is -0.550. The summed E-state index contributed by atoms with van der Waals surface area (Å²) >= 11 is 2.09. The topological polar surface area (TPSA) is 33.1 Å². The van der Waals surface area contributed by atoms with Crippen molar-refractivity contribution in [1.29, 1.82) is 0 Å². The van der Waals surface area contributed by atoms with E-state index in [9.17, 15) is 8.78 Å². The lowest BCUT2D eigenvalue weighted by Gasteiger charge is -2.15. The number of alkyl halides is 3. The van der Waals surface area contributed by atoms with Crippen LogP contribution >= 0.6 is 15.9 Å². The number of aliphatic hydroxyl groups is 1. The molecule has 0 aromatic carbocycles. The quantitative estimate of drug-likeness (QED) is 0.820. The van der Waals surface area contributed by atoms with Gasteiger partial charge >= 0.3 is 4.83 Å². The highest BCUT2D eigenvalue weighted by Gasteiger charge is 2.36. The van der Waals surface area contributed by atoms with Crippen LogP contribution in [0.4, 0.5) is 8.78 Å². The molecule has 1 aromatic heterocycles. The monoisotopic (exact) mass is 251 g/mol. The Balaban J connectivity index is 2.90. The van der Waals surface area contributed by atoms with Crippen LogP contribution < -0.4 is 0 Å². The van der Waals surface area contributed by atoms with E-state index in [0.29, 0.717) is 5.69 Å². The Bertz CT molecular complexity index is 283. The fourth-order valence-electron chi connectivity index (χ4n) is 0.830. The van der Waals surface area contributed by atoms with Gasteiger partial charge in [-0.1, -0.05) is 6.07 Å². The Morgan fingerprint density at radius 2 is 2.15 bits per heavy atom. The van der Waals surface area contributed by atoms with Crippen LogP contribution in [0.25, 0.3) is 0 Å². The van der Waals surface area contributed by atoms with E-state index >= 15 is 0 Å². The van der Waals surface area contributed by atoms with Gasteiger partial charge in [0.15, 0.2) is 6.10 Å². The summed E-state index contributed by atoms with van der Waals surface area (Å²) in [6.45, 7) is 1.74. The smallest absolute Gasteiger partial charge is 0.330 e. The predicted octanol–water partition coefficient (Wildman–Crippen LogP) is 2.41. The van der Waals surface area contributed by atoms with E-state index in [1.807, 2.05) is 0 Å². The van der Waals surface area contributed by atoms with Gasteiger partial charge < -0.3 is 5.11 Å². The normalized spacial score (nSPS) is 14.2. The molecule has 0 aliphatic rings. The van der Waals surface area contributed by atoms with Gasteiger partial charge in [0.05, 0.1) is 0 Å². The van der Waals surface area contributed by atoms with Crippen molar-refractivity contribution < 1.29 is 13.9 Å². The highest BCUT2D eigenvalue weighted by Crippen LogP contribution is 2.36. The minimum absolute atomic E-state index is 0.0903. The molecule has 2 nitrogen and oxygen atoms in total. The molecule has 1 rings (SSSR count). The average Bonchev–Trinajstić information content (AvgIpc) is 2.03. The van der Waals surface area contributed by atoms with Gasteiger partial charge in [0.1, 0.15) is 0 Å². The molecule has 1 heterocycles. The molecular weight excluding hydrogens is 244 g/mol. The molecule has 0 aliphatic heterocycles. The fraction of sp³-hybridized carbons (Fsp3) is 0.375. The highest BCUT2D eigenvalue weighted by atomic mass is 79.9. The maximum atomic E-state index is 12.5. The zero-order chi connectivity index (χ0) is 10.1. The largest absolute Gasteiger partial charge is 0.381 e. The summed E-state index contributed by atoms with van der Waals surface area (Å²) in [6, 6.07) is 2.99. The number of aromatic nitrogens is 1. The number of pyridine rings is 1. The third-order valence-electron chi connectivity index (χ3n) is 1.56. The lowest BCUT2D eigenvalue weighted by molar-refractivity contribution is -0.0296. The lowest BCUT2D eigenvalue weighted by atomic mass is 10.1. The number of aryl methyl sites for hydroxylation is 1. The molecule has 0 amide bonds. The summed E-state index contributed by atoms with van der Waals surface area (Å²) in [5.74, 6) is 0. The summed E-state index contributed by atoms with van der Waals surface area (Å²) in [7, 11) is 0.